The molecule has 4 heterocycles. The van der Waals surface area contributed by atoms with Crippen LogP contribution in [0.15, 0.2) is 54.7 Å². The summed E-state index contributed by atoms with van der Waals surface area (Å²) < 4.78 is 2.10. The minimum atomic E-state index is -0.0349. The van der Waals surface area contributed by atoms with E-state index in [4.69, 9.17) is 4.98 Å². The van der Waals surface area contributed by atoms with Gasteiger partial charge >= 0.3 is 0 Å². The number of nitrogens with zero attached hydrogens (tertiary/aromatic N) is 2. The van der Waals surface area contributed by atoms with Gasteiger partial charge in [0.25, 0.3) is 0 Å². The fraction of sp³-hybridized carbons (Fsp3) is 0.158. The van der Waals surface area contributed by atoms with Gasteiger partial charge in [0, 0.05) is 23.8 Å². The highest BCUT2D eigenvalue weighted by Gasteiger charge is 2.29. The topological polar surface area (TPSA) is 62.2 Å². The Balaban J connectivity index is 1.76. The molecule has 0 aliphatic carbocycles. The van der Waals surface area contributed by atoms with Gasteiger partial charge in [-0.25, -0.2) is 4.98 Å². The molecule has 1 aromatic carbocycles. The first-order chi connectivity index (χ1) is 11.8. The number of carbonyl (C=O) groups is 1. The van der Waals surface area contributed by atoms with Crippen molar-refractivity contribution in [1.29, 1.82) is 0 Å². The Bertz CT molecular complexity index is 1040. The Morgan fingerprint density at radius 1 is 1.12 bits per heavy atom. The van der Waals surface area contributed by atoms with Crippen LogP contribution in [0.1, 0.15) is 29.4 Å². The summed E-state index contributed by atoms with van der Waals surface area (Å²) in [7, 11) is 0. The van der Waals surface area contributed by atoms with Crippen molar-refractivity contribution < 1.29 is 4.79 Å². The zero-order valence-corrected chi connectivity index (χ0v) is 13.0. The lowest BCUT2D eigenvalue weighted by atomic mass is 9.96. The third-order valence-electron chi connectivity index (χ3n) is 4.74. The van der Waals surface area contributed by atoms with E-state index in [1.165, 1.54) is 0 Å². The SMILES string of the molecule is O=C1C[C@H](c2cc3ccccc3[nH]2)c2c(nc3ccccn23)CN1. The summed E-state index contributed by atoms with van der Waals surface area (Å²) in [5, 5.41) is 4.13. The van der Waals surface area contributed by atoms with Crippen molar-refractivity contribution in [3.05, 3.63) is 71.8 Å². The molecule has 1 aliphatic heterocycles. The van der Waals surface area contributed by atoms with Gasteiger partial charge in [0.05, 0.1) is 23.9 Å². The van der Waals surface area contributed by atoms with E-state index >= 15 is 0 Å². The van der Waals surface area contributed by atoms with Crippen molar-refractivity contribution in [1.82, 2.24) is 19.7 Å². The summed E-state index contributed by atoms with van der Waals surface area (Å²) in [6.45, 7) is 0.479. The number of benzene rings is 1. The molecule has 118 valence electrons. The van der Waals surface area contributed by atoms with Gasteiger partial charge in [-0.1, -0.05) is 24.3 Å². The summed E-state index contributed by atoms with van der Waals surface area (Å²) in [6.07, 6.45) is 2.44. The van der Waals surface area contributed by atoms with Crippen molar-refractivity contribution >= 4 is 22.5 Å². The molecule has 0 saturated heterocycles. The maximum atomic E-state index is 12.2. The number of para-hydroxylation sites is 1. The van der Waals surface area contributed by atoms with Crippen LogP contribution in [0.3, 0.4) is 0 Å². The molecular formula is C19H16N4O. The highest BCUT2D eigenvalue weighted by atomic mass is 16.1. The second-order valence-electron chi connectivity index (χ2n) is 6.22. The van der Waals surface area contributed by atoms with Crippen LogP contribution in [0.5, 0.6) is 0 Å². The van der Waals surface area contributed by atoms with Gasteiger partial charge in [-0.05, 0) is 29.7 Å². The summed E-state index contributed by atoms with van der Waals surface area (Å²) in [5.41, 5.74) is 5.10. The van der Waals surface area contributed by atoms with Crippen LogP contribution >= 0.6 is 0 Å². The number of hydrogen-bond acceptors (Lipinski definition) is 2. The van der Waals surface area contributed by atoms with E-state index in [-0.39, 0.29) is 11.8 Å². The smallest absolute Gasteiger partial charge is 0.221 e. The van der Waals surface area contributed by atoms with Gasteiger partial charge < -0.3 is 14.7 Å². The van der Waals surface area contributed by atoms with Crippen molar-refractivity contribution in [3.8, 4) is 0 Å². The number of amides is 1. The van der Waals surface area contributed by atoms with Gasteiger partial charge in [0.1, 0.15) is 5.65 Å². The second kappa shape index (κ2) is 4.96. The lowest BCUT2D eigenvalue weighted by Gasteiger charge is -2.13. The molecule has 1 aliphatic rings. The molecule has 0 saturated carbocycles. The molecule has 5 rings (SSSR count). The number of imidazole rings is 1. The highest BCUT2D eigenvalue weighted by molar-refractivity contribution is 5.82. The zero-order chi connectivity index (χ0) is 16.1. The van der Waals surface area contributed by atoms with Crippen molar-refractivity contribution in [2.75, 3.05) is 0 Å². The number of pyridine rings is 1. The molecule has 24 heavy (non-hydrogen) atoms. The molecule has 0 unspecified atom stereocenters. The number of rotatable bonds is 1. The molecule has 1 atom stereocenters. The molecule has 0 radical (unpaired) electrons. The molecule has 0 bridgehead atoms. The molecule has 2 N–H and O–H groups in total. The van der Waals surface area contributed by atoms with Crippen LogP contribution in [0, 0.1) is 0 Å². The van der Waals surface area contributed by atoms with Crippen LogP contribution < -0.4 is 5.32 Å². The van der Waals surface area contributed by atoms with Crippen LogP contribution in [0.2, 0.25) is 0 Å². The molecule has 4 aromatic rings. The third kappa shape index (κ3) is 1.94. The average Bonchev–Trinajstić information content (AvgIpc) is 3.15. The molecule has 3 aromatic heterocycles. The maximum Gasteiger partial charge on any atom is 0.221 e. The van der Waals surface area contributed by atoms with E-state index in [2.05, 4.69) is 32.9 Å². The summed E-state index contributed by atoms with van der Waals surface area (Å²) >= 11 is 0. The Hall–Kier alpha value is -3.08. The number of carbonyl (C=O) groups excluding carboxylic acids is 1. The van der Waals surface area contributed by atoms with Gasteiger partial charge in [-0.3, -0.25) is 4.79 Å². The van der Waals surface area contributed by atoms with Crippen molar-refractivity contribution in [3.63, 3.8) is 0 Å². The quantitative estimate of drug-likeness (QED) is 0.567. The fourth-order valence-corrected chi connectivity index (χ4v) is 3.64. The lowest BCUT2D eigenvalue weighted by Crippen LogP contribution is -2.21. The molecule has 5 heteroatoms. The normalized spacial score (nSPS) is 17.7. The predicted molar refractivity (Wildman–Crippen MR) is 91.8 cm³/mol. The van der Waals surface area contributed by atoms with Crippen LogP contribution in [-0.4, -0.2) is 20.3 Å². The van der Waals surface area contributed by atoms with E-state index < -0.39 is 0 Å². The fourth-order valence-electron chi connectivity index (χ4n) is 3.64. The van der Waals surface area contributed by atoms with Gasteiger partial charge in [0.15, 0.2) is 0 Å². The Morgan fingerprint density at radius 3 is 2.92 bits per heavy atom. The minimum Gasteiger partial charge on any atom is -0.358 e. The molecule has 0 fully saturated rings. The Kier molecular flexibility index (Phi) is 2.76. The number of aromatic amines is 1. The largest absolute Gasteiger partial charge is 0.358 e. The van der Waals surface area contributed by atoms with Crippen LogP contribution in [0.4, 0.5) is 0 Å². The monoisotopic (exact) mass is 316 g/mol. The molecule has 1 amide bonds. The van der Waals surface area contributed by atoms with Crippen LogP contribution in [-0.2, 0) is 11.3 Å². The zero-order valence-electron chi connectivity index (χ0n) is 13.0. The Morgan fingerprint density at radius 2 is 2.00 bits per heavy atom. The summed E-state index contributed by atoms with van der Waals surface area (Å²) in [5.74, 6) is 0.0219. The molecular weight excluding hydrogens is 300 g/mol. The average molecular weight is 316 g/mol. The minimum absolute atomic E-state index is 0.0349. The Labute approximate surface area is 138 Å². The summed E-state index contributed by atoms with van der Waals surface area (Å²) in [4.78, 5) is 20.4. The van der Waals surface area contributed by atoms with Gasteiger partial charge in [0.2, 0.25) is 5.91 Å². The number of nitrogens with one attached hydrogen (secondary N) is 2. The van der Waals surface area contributed by atoms with Crippen molar-refractivity contribution in [2.24, 2.45) is 0 Å². The number of fused-ring (bicyclic) bond motifs is 4. The lowest BCUT2D eigenvalue weighted by molar-refractivity contribution is -0.121. The first kappa shape index (κ1) is 13.4. The van der Waals surface area contributed by atoms with E-state index in [9.17, 15) is 4.79 Å². The van der Waals surface area contributed by atoms with E-state index in [0.29, 0.717) is 13.0 Å². The van der Waals surface area contributed by atoms with E-state index in [1.807, 2.05) is 36.5 Å². The molecule has 0 spiro atoms. The van der Waals surface area contributed by atoms with Gasteiger partial charge in [-0.2, -0.15) is 0 Å². The third-order valence-corrected chi connectivity index (χ3v) is 4.74. The maximum absolute atomic E-state index is 12.2. The number of H-pyrrole nitrogens is 1. The first-order valence-corrected chi connectivity index (χ1v) is 8.10. The standard InChI is InChI=1S/C19H16N4O/c24-18-10-13(15-9-12-5-1-2-6-14(12)21-15)19-16(11-20-18)22-17-7-3-4-8-23(17)19/h1-9,13,21H,10-11H2,(H,20,24)/t13-/m1/s1. The second-order valence-corrected chi connectivity index (χ2v) is 6.22. The number of aromatic nitrogens is 3. The van der Waals surface area contributed by atoms with Crippen molar-refractivity contribution in [2.45, 2.75) is 18.9 Å². The molecule has 5 nitrogen and oxygen atoms in total. The number of hydrogen-bond donors (Lipinski definition) is 2. The summed E-state index contributed by atoms with van der Waals surface area (Å²) in [6, 6.07) is 16.3. The van der Waals surface area contributed by atoms with E-state index in [0.717, 1.165) is 33.6 Å². The van der Waals surface area contributed by atoms with Gasteiger partial charge in [-0.15, -0.1) is 0 Å². The predicted octanol–water partition coefficient (Wildman–Crippen LogP) is 2.97. The van der Waals surface area contributed by atoms with E-state index in [1.54, 1.807) is 0 Å². The highest BCUT2D eigenvalue weighted by Crippen LogP contribution is 2.34. The first-order valence-electron chi connectivity index (χ1n) is 8.10. The van der Waals surface area contributed by atoms with Crippen LogP contribution in [0.25, 0.3) is 16.6 Å².